The largest absolute Gasteiger partial charge is 0.544 e. The molecule has 0 fully saturated rings. The van der Waals surface area contributed by atoms with Gasteiger partial charge < -0.3 is 28.6 Å². The van der Waals surface area contributed by atoms with Crippen molar-refractivity contribution in [2.45, 2.75) is 180 Å². The van der Waals surface area contributed by atoms with Crippen LogP contribution >= 0.6 is 0 Å². The highest BCUT2D eigenvalue weighted by Crippen LogP contribution is 2.12. The minimum absolute atomic E-state index is 0.00413. The smallest absolute Gasteiger partial charge is 0.306 e. The highest BCUT2D eigenvalue weighted by atomic mass is 16.6. The lowest BCUT2D eigenvalue weighted by molar-refractivity contribution is -0.889. The van der Waals surface area contributed by atoms with Crippen LogP contribution in [0.25, 0.3) is 0 Å². The van der Waals surface area contributed by atoms with Gasteiger partial charge in [-0.25, -0.2) is 0 Å². The number of carbonyl (C=O) groups is 3. The van der Waals surface area contributed by atoms with Crippen molar-refractivity contribution in [1.82, 2.24) is 0 Å². The summed E-state index contributed by atoms with van der Waals surface area (Å²) >= 11 is 0. The lowest BCUT2D eigenvalue weighted by Gasteiger charge is -2.34. The van der Waals surface area contributed by atoms with Gasteiger partial charge in [-0.3, -0.25) is 9.59 Å². The molecule has 2 unspecified atom stereocenters. The van der Waals surface area contributed by atoms with Crippen LogP contribution in [0.1, 0.15) is 168 Å². The zero-order chi connectivity index (χ0) is 49.2. The van der Waals surface area contributed by atoms with Gasteiger partial charge in [-0.05, 0) is 103 Å². The van der Waals surface area contributed by atoms with E-state index >= 15 is 0 Å². The van der Waals surface area contributed by atoms with Crippen LogP contribution in [0, 0.1) is 0 Å². The van der Waals surface area contributed by atoms with Gasteiger partial charge in [0, 0.05) is 19.3 Å². The van der Waals surface area contributed by atoms with E-state index in [-0.39, 0.29) is 49.1 Å². The molecular formula is C59H93NO7. The summed E-state index contributed by atoms with van der Waals surface area (Å²) in [4.78, 5) is 37.0. The summed E-state index contributed by atoms with van der Waals surface area (Å²) in [6.45, 7) is 4.34. The van der Waals surface area contributed by atoms with Gasteiger partial charge in [-0.1, -0.05) is 180 Å². The molecule has 8 nitrogen and oxygen atoms in total. The number of carbonyl (C=O) groups excluding carboxylic acids is 3. The molecule has 0 bridgehead atoms. The number of ether oxygens (including phenoxy) is 3. The number of nitrogens with zero attached hydrogens (tertiary/aromatic N) is 1. The summed E-state index contributed by atoms with van der Waals surface area (Å²) < 4.78 is 17.2. The van der Waals surface area contributed by atoms with E-state index in [1.165, 1.54) is 19.3 Å². The van der Waals surface area contributed by atoms with Gasteiger partial charge in [0.15, 0.2) is 6.10 Å². The van der Waals surface area contributed by atoms with Crippen LogP contribution in [0.4, 0.5) is 0 Å². The average molecular weight is 928 g/mol. The first-order chi connectivity index (χ1) is 32.6. The third kappa shape index (κ3) is 46.4. The normalized spacial score (nSPS) is 14.0. The zero-order valence-corrected chi connectivity index (χ0v) is 42.8. The maximum atomic E-state index is 12.8. The molecular weight excluding hydrogens is 835 g/mol. The van der Waals surface area contributed by atoms with Crippen molar-refractivity contribution in [2.75, 3.05) is 41.0 Å². The Kier molecular flexibility index (Phi) is 44.7. The molecule has 0 aromatic heterocycles. The molecule has 0 radical (unpaired) electrons. The summed E-state index contributed by atoms with van der Waals surface area (Å²) in [7, 11) is 5.38. The van der Waals surface area contributed by atoms with E-state index in [1.54, 1.807) is 21.1 Å². The summed E-state index contributed by atoms with van der Waals surface area (Å²) in [5, 5.41) is 11.7. The van der Waals surface area contributed by atoms with Crippen LogP contribution in [0.3, 0.4) is 0 Å². The molecule has 0 saturated heterocycles. The lowest BCUT2D eigenvalue weighted by atomic mass is 10.1. The lowest BCUT2D eigenvalue weighted by Crippen LogP contribution is -2.55. The van der Waals surface area contributed by atoms with E-state index in [9.17, 15) is 19.5 Å². The van der Waals surface area contributed by atoms with Gasteiger partial charge in [-0.15, -0.1) is 0 Å². The number of hydrogen-bond acceptors (Lipinski definition) is 7. The van der Waals surface area contributed by atoms with Crippen molar-refractivity contribution in [2.24, 2.45) is 0 Å². The number of rotatable bonds is 44. The van der Waals surface area contributed by atoms with Gasteiger partial charge in [0.25, 0.3) is 0 Å². The third-order valence-electron chi connectivity index (χ3n) is 10.5. The second-order valence-electron chi connectivity index (χ2n) is 17.6. The van der Waals surface area contributed by atoms with E-state index in [4.69, 9.17) is 14.2 Å². The van der Waals surface area contributed by atoms with Crippen molar-refractivity contribution < 1.29 is 38.2 Å². The number of esters is 2. The van der Waals surface area contributed by atoms with Gasteiger partial charge in [-0.2, -0.15) is 0 Å². The van der Waals surface area contributed by atoms with E-state index < -0.39 is 18.1 Å². The molecule has 0 heterocycles. The van der Waals surface area contributed by atoms with Crippen molar-refractivity contribution in [3.8, 4) is 0 Å². The molecule has 0 aliphatic rings. The monoisotopic (exact) mass is 928 g/mol. The molecule has 8 heteroatoms. The fourth-order valence-electron chi connectivity index (χ4n) is 6.64. The number of carboxylic acid groups (broad SMARTS) is 1. The van der Waals surface area contributed by atoms with Gasteiger partial charge in [0.1, 0.15) is 12.6 Å². The molecule has 0 amide bonds. The Bertz CT molecular complexity index is 1550. The highest BCUT2D eigenvalue weighted by molar-refractivity contribution is 5.70. The van der Waals surface area contributed by atoms with E-state index in [0.717, 1.165) is 109 Å². The molecule has 0 aliphatic heterocycles. The van der Waals surface area contributed by atoms with Crippen molar-refractivity contribution in [3.63, 3.8) is 0 Å². The Hall–Kier alpha value is -4.53. The third-order valence-corrected chi connectivity index (χ3v) is 10.5. The molecule has 0 aromatic rings. The second-order valence-corrected chi connectivity index (χ2v) is 17.6. The highest BCUT2D eigenvalue weighted by Gasteiger charge is 2.25. The van der Waals surface area contributed by atoms with Crippen LogP contribution in [0.2, 0.25) is 0 Å². The van der Waals surface area contributed by atoms with Crippen LogP contribution < -0.4 is 5.11 Å². The minimum Gasteiger partial charge on any atom is -0.544 e. The molecule has 0 N–H and O–H groups in total. The predicted molar refractivity (Wildman–Crippen MR) is 281 cm³/mol. The Balaban J connectivity index is 4.39. The minimum atomic E-state index is -1.14. The fourth-order valence-corrected chi connectivity index (χ4v) is 6.64. The van der Waals surface area contributed by atoms with Gasteiger partial charge in [0.05, 0.1) is 40.3 Å². The second kappa shape index (κ2) is 47.9. The Morgan fingerprint density at radius 2 is 0.806 bits per heavy atom. The summed E-state index contributed by atoms with van der Waals surface area (Å²) in [6, 6.07) is -0.748. The summed E-state index contributed by atoms with van der Waals surface area (Å²) in [6.07, 6.45) is 69.2. The Labute approximate surface area is 409 Å². The topological polar surface area (TPSA) is 102 Å². The molecule has 0 saturated carbocycles. The van der Waals surface area contributed by atoms with E-state index in [2.05, 4.69) is 148 Å². The predicted octanol–water partition coefficient (Wildman–Crippen LogP) is 13.8. The van der Waals surface area contributed by atoms with Crippen LogP contribution in [-0.4, -0.2) is 75.5 Å². The molecule has 67 heavy (non-hydrogen) atoms. The summed E-state index contributed by atoms with van der Waals surface area (Å²) in [5.41, 5.74) is 0. The summed E-state index contributed by atoms with van der Waals surface area (Å²) in [5.74, 6) is -1.84. The maximum absolute atomic E-state index is 12.8. The quantitative estimate of drug-likeness (QED) is 0.0259. The number of carboxylic acids is 1. The molecule has 0 aliphatic carbocycles. The average Bonchev–Trinajstić information content (AvgIpc) is 3.29. The molecule has 2 atom stereocenters. The van der Waals surface area contributed by atoms with Crippen LogP contribution in [-0.2, 0) is 28.6 Å². The van der Waals surface area contributed by atoms with E-state index in [0.29, 0.717) is 12.8 Å². The van der Waals surface area contributed by atoms with Crippen molar-refractivity contribution in [1.29, 1.82) is 0 Å². The number of aliphatic carboxylic acids is 1. The van der Waals surface area contributed by atoms with Crippen LogP contribution in [0.15, 0.2) is 134 Å². The number of unbranched alkanes of at least 4 members (excludes halogenated alkanes) is 8. The number of allylic oxidation sites excluding steroid dienone is 22. The Morgan fingerprint density at radius 1 is 0.448 bits per heavy atom. The fraction of sp³-hybridized carbons (Fsp3) is 0.576. The number of quaternary nitrogens is 1. The molecule has 376 valence electrons. The SMILES string of the molecule is CC/C=C/C/C=C/C/C=C/C/C=C/C/C=C/C/C=C/CCCC(=O)OC(COCCC(C(=O)[O-])[N+](C)(C)C)COC(=O)CCCCCCCCC/C=C/C/C=C/C/C=C/C/C=C/C/C=C/CC. The molecule has 0 spiro atoms. The van der Waals surface area contributed by atoms with Crippen molar-refractivity contribution >= 4 is 17.9 Å². The zero-order valence-electron chi connectivity index (χ0n) is 42.8. The Morgan fingerprint density at radius 3 is 1.21 bits per heavy atom. The van der Waals surface area contributed by atoms with Crippen molar-refractivity contribution in [3.05, 3.63) is 134 Å². The van der Waals surface area contributed by atoms with Gasteiger partial charge >= 0.3 is 11.9 Å². The van der Waals surface area contributed by atoms with Gasteiger partial charge in [0.2, 0.25) is 0 Å². The standard InChI is InChI=1S/C59H93NO7/c1-6-8-10-12-14-16-18-20-22-24-26-28-29-30-32-33-35-37-39-41-43-45-47-49-57(61)66-54-55(53-65-52-51-56(59(63)64)60(3,4)5)67-58(62)50-48-46-44-42-40-38-36-34-31-27-25-23-21-19-17-15-13-11-9-7-2/h8-11,14-17,20-23,26-28,30-32,36,38,42,44,55-56H,6-7,12-13,18-19,24-25,29,33-35,37,39-41,43,45-54H2,1-5H3/b10-8+,11-9+,16-14+,17-15+,22-20+,23-21+,28-26+,31-27+,32-30+,38-36+,44-42+. The first kappa shape index (κ1) is 62.5. The first-order valence-electron chi connectivity index (χ1n) is 25.7. The van der Waals surface area contributed by atoms with Crippen LogP contribution in [0.5, 0.6) is 0 Å². The number of hydrogen-bond donors (Lipinski definition) is 0. The maximum Gasteiger partial charge on any atom is 0.306 e. The number of likely N-dealkylation sites (N-methyl/N-ethyl adjacent to an activating group) is 1. The molecule has 0 rings (SSSR count). The first-order valence-corrected chi connectivity index (χ1v) is 25.7. The van der Waals surface area contributed by atoms with E-state index in [1.807, 2.05) is 0 Å². The molecule has 0 aromatic carbocycles.